The number of hydrogen-bond acceptors (Lipinski definition) is 4. The Morgan fingerprint density at radius 1 is 1.28 bits per heavy atom. The summed E-state index contributed by atoms with van der Waals surface area (Å²) in [5.74, 6) is 0.786. The van der Waals surface area contributed by atoms with Gasteiger partial charge in [0.25, 0.3) is 0 Å². The van der Waals surface area contributed by atoms with Crippen LogP contribution in [0.25, 0.3) is 0 Å². The Labute approximate surface area is 146 Å². The maximum Gasteiger partial charge on any atom is 0.225 e. The molecule has 3 aromatic rings. The molecule has 0 bridgehead atoms. The van der Waals surface area contributed by atoms with Gasteiger partial charge in [-0.1, -0.05) is 36.8 Å². The minimum Gasteiger partial charge on any atom is -0.369 e. The largest absolute Gasteiger partial charge is 0.369 e. The first-order valence-corrected chi connectivity index (χ1v) is 8.33. The van der Waals surface area contributed by atoms with Crippen LogP contribution in [-0.4, -0.2) is 30.5 Å². The molecule has 0 aliphatic carbocycles. The predicted octanol–water partition coefficient (Wildman–Crippen LogP) is 1.86. The monoisotopic (exact) mass is 338 g/mol. The second kappa shape index (κ2) is 7.29. The number of aromatic nitrogens is 5. The van der Waals surface area contributed by atoms with Gasteiger partial charge in [0.1, 0.15) is 6.04 Å². The SMILES string of the molecule is CCC(c1nc(CC(N)=O)nn1Cc1ccc(C)cc1)n1cccn1. The number of benzene rings is 1. The van der Waals surface area contributed by atoms with Gasteiger partial charge in [-0.3, -0.25) is 9.48 Å². The Morgan fingerprint density at radius 2 is 2.04 bits per heavy atom. The van der Waals surface area contributed by atoms with Gasteiger partial charge in [0.15, 0.2) is 11.6 Å². The molecule has 1 amide bonds. The molecule has 25 heavy (non-hydrogen) atoms. The highest BCUT2D eigenvalue weighted by Crippen LogP contribution is 2.21. The van der Waals surface area contributed by atoms with E-state index in [4.69, 9.17) is 5.73 Å². The fourth-order valence-corrected chi connectivity index (χ4v) is 2.82. The minimum absolute atomic E-state index is 0.0312. The van der Waals surface area contributed by atoms with Gasteiger partial charge in [-0.2, -0.15) is 10.2 Å². The van der Waals surface area contributed by atoms with Gasteiger partial charge in [0, 0.05) is 12.4 Å². The van der Waals surface area contributed by atoms with Crippen molar-refractivity contribution in [2.45, 2.75) is 39.3 Å². The smallest absolute Gasteiger partial charge is 0.225 e. The molecule has 0 spiro atoms. The van der Waals surface area contributed by atoms with Crippen LogP contribution < -0.4 is 5.73 Å². The molecule has 7 nitrogen and oxygen atoms in total. The van der Waals surface area contributed by atoms with Gasteiger partial charge in [0.2, 0.25) is 5.91 Å². The maximum atomic E-state index is 11.3. The highest BCUT2D eigenvalue weighted by molar-refractivity contribution is 5.75. The molecule has 0 saturated heterocycles. The van der Waals surface area contributed by atoms with Crippen molar-refractivity contribution < 1.29 is 4.79 Å². The van der Waals surface area contributed by atoms with Gasteiger partial charge in [0.05, 0.1) is 13.0 Å². The number of nitrogens with two attached hydrogens (primary N) is 1. The summed E-state index contributed by atoms with van der Waals surface area (Å²) in [5, 5.41) is 8.85. The van der Waals surface area contributed by atoms with Crippen LogP contribution in [0.2, 0.25) is 0 Å². The van der Waals surface area contributed by atoms with Crippen LogP contribution in [0, 0.1) is 6.92 Å². The normalized spacial score (nSPS) is 12.2. The molecule has 130 valence electrons. The Balaban J connectivity index is 1.98. The minimum atomic E-state index is -0.439. The zero-order valence-corrected chi connectivity index (χ0v) is 14.5. The van der Waals surface area contributed by atoms with E-state index in [1.807, 2.05) is 21.6 Å². The second-order valence-corrected chi connectivity index (χ2v) is 6.08. The van der Waals surface area contributed by atoms with Crippen LogP contribution in [-0.2, 0) is 17.8 Å². The van der Waals surface area contributed by atoms with Crippen LogP contribution in [0.3, 0.4) is 0 Å². The second-order valence-electron chi connectivity index (χ2n) is 6.08. The van der Waals surface area contributed by atoms with Crippen molar-refractivity contribution in [1.82, 2.24) is 24.5 Å². The van der Waals surface area contributed by atoms with E-state index in [1.54, 1.807) is 6.20 Å². The summed E-state index contributed by atoms with van der Waals surface area (Å²) in [6, 6.07) is 10.1. The number of aryl methyl sites for hydroxylation is 1. The van der Waals surface area contributed by atoms with Crippen molar-refractivity contribution in [1.29, 1.82) is 0 Å². The molecule has 3 rings (SSSR count). The highest BCUT2D eigenvalue weighted by atomic mass is 16.1. The predicted molar refractivity (Wildman–Crippen MR) is 93.9 cm³/mol. The standard InChI is InChI=1S/C18H22N6O/c1-3-15(23-10-4-9-20-23)18-21-17(11-16(19)25)22-24(18)12-14-7-5-13(2)6-8-14/h4-10,15H,3,11-12H2,1-2H3,(H2,19,25). The first-order valence-electron chi connectivity index (χ1n) is 8.33. The van der Waals surface area contributed by atoms with Crippen molar-refractivity contribution in [3.63, 3.8) is 0 Å². The van der Waals surface area contributed by atoms with Crippen LogP contribution in [0.4, 0.5) is 0 Å². The maximum absolute atomic E-state index is 11.3. The number of carbonyl (C=O) groups excluding carboxylic acids is 1. The average molecular weight is 338 g/mol. The topological polar surface area (TPSA) is 91.6 Å². The molecule has 0 aliphatic rings. The van der Waals surface area contributed by atoms with Crippen molar-refractivity contribution in [2.75, 3.05) is 0 Å². The van der Waals surface area contributed by atoms with Crippen molar-refractivity contribution in [3.8, 4) is 0 Å². The Hall–Kier alpha value is -2.96. The molecule has 0 aliphatic heterocycles. The van der Waals surface area contributed by atoms with E-state index in [2.05, 4.69) is 53.3 Å². The van der Waals surface area contributed by atoms with E-state index < -0.39 is 5.91 Å². The third-order valence-corrected chi connectivity index (χ3v) is 4.06. The summed E-state index contributed by atoms with van der Waals surface area (Å²) in [4.78, 5) is 15.8. The summed E-state index contributed by atoms with van der Waals surface area (Å²) in [6.07, 6.45) is 4.49. The summed E-state index contributed by atoms with van der Waals surface area (Å²) >= 11 is 0. The number of hydrogen-bond donors (Lipinski definition) is 1. The van der Waals surface area contributed by atoms with Crippen molar-refractivity contribution in [3.05, 3.63) is 65.5 Å². The van der Waals surface area contributed by atoms with Gasteiger partial charge >= 0.3 is 0 Å². The number of rotatable bonds is 7. The molecular formula is C18H22N6O. The molecule has 0 radical (unpaired) electrons. The van der Waals surface area contributed by atoms with Crippen molar-refractivity contribution >= 4 is 5.91 Å². The molecule has 2 heterocycles. The number of amides is 1. The molecule has 1 atom stereocenters. The molecule has 1 unspecified atom stereocenters. The van der Waals surface area contributed by atoms with Crippen LogP contribution in [0.15, 0.2) is 42.7 Å². The van der Waals surface area contributed by atoms with E-state index in [-0.39, 0.29) is 12.5 Å². The quantitative estimate of drug-likeness (QED) is 0.712. The van der Waals surface area contributed by atoms with Crippen LogP contribution in [0.5, 0.6) is 0 Å². The van der Waals surface area contributed by atoms with E-state index in [1.165, 1.54) is 5.56 Å². The lowest BCUT2D eigenvalue weighted by Gasteiger charge is -2.16. The first kappa shape index (κ1) is 16.9. The Bertz CT molecular complexity index is 835. The summed E-state index contributed by atoms with van der Waals surface area (Å²) in [7, 11) is 0. The average Bonchev–Trinajstić information content (AvgIpc) is 3.21. The van der Waals surface area contributed by atoms with E-state index in [9.17, 15) is 4.79 Å². The summed E-state index contributed by atoms with van der Waals surface area (Å²) in [6.45, 7) is 4.71. The lowest BCUT2D eigenvalue weighted by molar-refractivity contribution is -0.117. The molecule has 2 aromatic heterocycles. The molecule has 1 aromatic carbocycles. The van der Waals surface area contributed by atoms with Gasteiger partial charge in [-0.25, -0.2) is 9.67 Å². The summed E-state index contributed by atoms with van der Waals surface area (Å²) in [5.41, 5.74) is 7.64. The fourth-order valence-electron chi connectivity index (χ4n) is 2.82. The van der Waals surface area contributed by atoms with Crippen LogP contribution >= 0.6 is 0 Å². The fraction of sp³-hybridized carbons (Fsp3) is 0.333. The molecule has 7 heteroatoms. The van der Waals surface area contributed by atoms with Gasteiger partial charge in [-0.05, 0) is 25.0 Å². The molecular weight excluding hydrogens is 316 g/mol. The number of primary amides is 1. The lowest BCUT2D eigenvalue weighted by atomic mass is 10.1. The van der Waals surface area contributed by atoms with Crippen molar-refractivity contribution in [2.24, 2.45) is 5.73 Å². The van der Waals surface area contributed by atoms with Gasteiger partial charge in [-0.15, -0.1) is 0 Å². The third kappa shape index (κ3) is 3.93. The molecule has 0 fully saturated rings. The van der Waals surface area contributed by atoms with E-state index in [0.29, 0.717) is 12.4 Å². The van der Waals surface area contributed by atoms with E-state index >= 15 is 0 Å². The third-order valence-electron chi connectivity index (χ3n) is 4.06. The van der Waals surface area contributed by atoms with E-state index in [0.717, 1.165) is 17.8 Å². The number of carbonyl (C=O) groups is 1. The first-order chi connectivity index (χ1) is 12.1. The summed E-state index contributed by atoms with van der Waals surface area (Å²) < 4.78 is 3.71. The molecule has 0 saturated carbocycles. The number of nitrogens with zero attached hydrogens (tertiary/aromatic N) is 5. The zero-order chi connectivity index (χ0) is 17.8. The Kier molecular flexibility index (Phi) is 4.92. The Morgan fingerprint density at radius 3 is 2.64 bits per heavy atom. The van der Waals surface area contributed by atoms with Crippen LogP contribution in [0.1, 0.15) is 42.2 Å². The zero-order valence-electron chi connectivity index (χ0n) is 14.5. The molecule has 2 N–H and O–H groups in total. The van der Waals surface area contributed by atoms with Gasteiger partial charge < -0.3 is 5.73 Å². The lowest BCUT2D eigenvalue weighted by Crippen LogP contribution is -2.17. The highest BCUT2D eigenvalue weighted by Gasteiger charge is 2.21.